The number of halogens is 3. The molecule has 0 saturated carbocycles. The molecule has 1 fully saturated rings. The zero-order valence-electron chi connectivity index (χ0n) is 16.8. The average Bonchev–Trinajstić information content (AvgIpc) is 3.11. The van der Waals surface area contributed by atoms with Gasteiger partial charge >= 0.3 is 0 Å². The van der Waals surface area contributed by atoms with E-state index in [1.54, 1.807) is 24.3 Å². The maximum Gasteiger partial charge on any atom is 0.269 e. The van der Waals surface area contributed by atoms with E-state index in [-0.39, 0.29) is 23.9 Å². The number of carbonyl (C=O) groups excluding carboxylic acids is 1. The lowest BCUT2D eigenvalue weighted by molar-refractivity contribution is 0.0993. The van der Waals surface area contributed by atoms with Crippen LogP contribution in [0.1, 0.15) is 10.5 Å². The molecule has 3 heterocycles. The number of rotatable bonds is 5. The van der Waals surface area contributed by atoms with Gasteiger partial charge in [0.1, 0.15) is 17.3 Å². The van der Waals surface area contributed by atoms with Crippen molar-refractivity contribution < 1.29 is 18.3 Å². The first-order valence-electron chi connectivity index (χ1n) is 9.88. The minimum atomic E-state index is -0.669. The van der Waals surface area contributed by atoms with Crippen LogP contribution in [-0.2, 0) is 0 Å². The Balaban J connectivity index is 0.00000245. The Morgan fingerprint density at radius 2 is 1.91 bits per heavy atom. The molecule has 168 valence electrons. The summed E-state index contributed by atoms with van der Waals surface area (Å²) in [6.45, 7) is 3.18. The van der Waals surface area contributed by atoms with Crippen LogP contribution in [0.4, 0.5) is 20.3 Å². The van der Waals surface area contributed by atoms with Crippen molar-refractivity contribution in [1.82, 2.24) is 15.1 Å². The van der Waals surface area contributed by atoms with E-state index < -0.39 is 17.5 Å². The van der Waals surface area contributed by atoms with Crippen molar-refractivity contribution in [2.75, 3.05) is 36.4 Å². The summed E-state index contributed by atoms with van der Waals surface area (Å²) in [6, 6.07) is 9.85. The van der Waals surface area contributed by atoms with E-state index in [4.69, 9.17) is 10.5 Å². The minimum Gasteiger partial charge on any atom is -0.454 e. The van der Waals surface area contributed by atoms with Crippen LogP contribution in [0, 0.1) is 11.6 Å². The number of fused-ring (bicyclic) bond motifs is 1. The van der Waals surface area contributed by atoms with Crippen LogP contribution in [0.25, 0.3) is 5.69 Å². The summed E-state index contributed by atoms with van der Waals surface area (Å²) in [6.07, 6.45) is 0. The second-order valence-electron chi connectivity index (χ2n) is 7.43. The Hall–Kier alpha value is -3.37. The molecule has 11 heteroatoms. The first-order chi connectivity index (χ1) is 15.0. The highest BCUT2D eigenvalue weighted by molar-refractivity contribution is 6.00. The molecule has 3 aromatic rings. The molecule has 5 rings (SSSR count). The number of nitrogens with zero attached hydrogens (tertiary/aromatic N) is 3. The van der Waals surface area contributed by atoms with E-state index in [2.05, 4.69) is 20.6 Å². The van der Waals surface area contributed by atoms with Gasteiger partial charge in [-0.25, -0.2) is 13.5 Å². The van der Waals surface area contributed by atoms with E-state index in [0.717, 1.165) is 37.8 Å². The number of carbonyl (C=O) groups is 1. The van der Waals surface area contributed by atoms with E-state index in [0.29, 0.717) is 35.5 Å². The monoisotopic (exact) mass is 462 g/mol. The lowest BCUT2D eigenvalue weighted by Crippen LogP contribution is -2.59. The van der Waals surface area contributed by atoms with Crippen LogP contribution in [0.5, 0.6) is 11.5 Å². The second kappa shape index (κ2) is 8.64. The number of hydrogen-bond acceptors (Lipinski definition) is 6. The maximum atomic E-state index is 13.8. The van der Waals surface area contributed by atoms with Crippen molar-refractivity contribution >= 4 is 29.8 Å². The zero-order chi connectivity index (χ0) is 21.5. The number of ether oxygens (including phenoxy) is 1. The molecule has 2 aliphatic heterocycles. The Kier molecular flexibility index (Phi) is 5.90. The third-order valence-corrected chi connectivity index (χ3v) is 5.43. The van der Waals surface area contributed by atoms with Crippen LogP contribution in [0.3, 0.4) is 0 Å². The number of anilines is 2. The third-order valence-electron chi connectivity index (χ3n) is 5.43. The molecule has 32 heavy (non-hydrogen) atoms. The minimum absolute atomic E-state index is 0. The summed E-state index contributed by atoms with van der Waals surface area (Å²) in [7, 11) is 0. The number of aromatic nitrogens is 2. The molecule has 0 unspecified atom stereocenters. The average molecular weight is 463 g/mol. The molecule has 0 radical (unpaired) electrons. The molecular formula is C21H21ClF2N6O2. The fourth-order valence-electron chi connectivity index (χ4n) is 3.78. The van der Waals surface area contributed by atoms with E-state index in [1.807, 2.05) is 0 Å². The number of benzene rings is 2. The molecule has 0 bridgehead atoms. The van der Waals surface area contributed by atoms with Crippen molar-refractivity contribution in [3.05, 3.63) is 59.8 Å². The SMILES string of the molecule is Cl.NC(=O)c1c2c(nn1-c1ccc(Oc3cc(F)ccc3F)cc1)N(C1CNC1)CCN2. The largest absolute Gasteiger partial charge is 0.454 e. The molecule has 0 atom stereocenters. The normalized spacial score (nSPS) is 15.2. The fraction of sp³-hybridized carbons (Fsp3) is 0.238. The van der Waals surface area contributed by atoms with E-state index in [1.165, 1.54) is 4.68 Å². The maximum absolute atomic E-state index is 13.8. The molecule has 0 spiro atoms. The van der Waals surface area contributed by atoms with Crippen LogP contribution in [0.2, 0.25) is 0 Å². The fourth-order valence-corrected chi connectivity index (χ4v) is 3.78. The van der Waals surface area contributed by atoms with Gasteiger partial charge in [0, 0.05) is 32.2 Å². The Morgan fingerprint density at radius 1 is 1.16 bits per heavy atom. The summed E-state index contributed by atoms with van der Waals surface area (Å²) in [5, 5.41) is 11.2. The lowest BCUT2D eigenvalue weighted by Gasteiger charge is -2.40. The number of nitrogens with one attached hydrogen (secondary N) is 2. The quantitative estimate of drug-likeness (QED) is 0.539. The lowest BCUT2D eigenvalue weighted by atomic mass is 10.1. The van der Waals surface area contributed by atoms with Gasteiger partial charge in [-0.05, 0) is 36.4 Å². The van der Waals surface area contributed by atoms with E-state index in [9.17, 15) is 13.6 Å². The van der Waals surface area contributed by atoms with Crippen LogP contribution in [0.15, 0.2) is 42.5 Å². The van der Waals surface area contributed by atoms with Gasteiger partial charge in [0.15, 0.2) is 23.1 Å². The van der Waals surface area contributed by atoms with Gasteiger partial charge < -0.3 is 26.0 Å². The van der Waals surface area contributed by atoms with Gasteiger partial charge in [-0.2, -0.15) is 0 Å². The molecular weight excluding hydrogens is 442 g/mol. The van der Waals surface area contributed by atoms with Crippen LogP contribution >= 0.6 is 12.4 Å². The summed E-state index contributed by atoms with van der Waals surface area (Å²) in [4.78, 5) is 14.4. The standard InChI is InChI=1S/C21H20F2N6O2.ClH/c22-12-1-6-16(23)17(9-12)31-15-4-2-13(3-5-15)29-19(20(24)30)18-21(27-29)28(8-7-26-18)14-10-25-11-14;/h1-6,9,14,25-26H,7-8,10-11H2,(H2,24,30);1H. The summed E-state index contributed by atoms with van der Waals surface area (Å²) in [5.41, 5.74) is 7.14. The molecule has 4 N–H and O–H groups in total. The molecule has 0 aliphatic carbocycles. The second-order valence-corrected chi connectivity index (χ2v) is 7.43. The molecule has 2 aromatic carbocycles. The van der Waals surface area contributed by atoms with Gasteiger partial charge in [0.2, 0.25) is 0 Å². The number of primary amides is 1. The third kappa shape index (κ3) is 3.82. The predicted octanol–water partition coefficient (Wildman–Crippen LogP) is 2.67. The van der Waals surface area contributed by atoms with Gasteiger partial charge in [-0.1, -0.05) is 0 Å². The van der Waals surface area contributed by atoms with Crippen molar-refractivity contribution in [2.24, 2.45) is 5.73 Å². The van der Waals surface area contributed by atoms with Crippen molar-refractivity contribution in [3.8, 4) is 17.2 Å². The topological polar surface area (TPSA) is 97.4 Å². The number of hydrogen-bond donors (Lipinski definition) is 3. The van der Waals surface area contributed by atoms with Crippen LogP contribution in [-0.4, -0.2) is 47.9 Å². The predicted molar refractivity (Wildman–Crippen MR) is 118 cm³/mol. The van der Waals surface area contributed by atoms with Gasteiger partial charge in [-0.3, -0.25) is 4.79 Å². The molecule has 1 saturated heterocycles. The van der Waals surface area contributed by atoms with Gasteiger partial charge in [0.05, 0.1) is 11.7 Å². The molecule has 8 nitrogen and oxygen atoms in total. The first-order valence-corrected chi connectivity index (χ1v) is 9.88. The summed E-state index contributed by atoms with van der Waals surface area (Å²) in [5.74, 6) is -1.08. The van der Waals surface area contributed by atoms with Crippen molar-refractivity contribution in [1.29, 1.82) is 0 Å². The molecule has 2 aliphatic rings. The zero-order valence-corrected chi connectivity index (χ0v) is 17.7. The molecule has 1 amide bonds. The summed E-state index contributed by atoms with van der Waals surface area (Å²) >= 11 is 0. The van der Waals surface area contributed by atoms with Crippen LogP contribution < -0.4 is 26.0 Å². The number of nitrogens with two attached hydrogens (primary N) is 1. The Morgan fingerprint density at radius 3 is 2.56 bits per heavy atom. The van der Waals surface area contributed by atoms with E-state index >= 15 is 0 Å². The highest BCUT2D eigenvalue weighted by Crippen LogP contribution is 2.35. The molecule has 1 aromatic heterocycles. The highest BCUT2D eigenvalue weighted by atomic mass is 35.5. The Bertz CT molecular complexity index is 1150. The summed E-state index contributed by atoms with van der Waals surface area (Å²) < 4.78 is 34.1. The van der Waals surface area contributed by atoms with Gasteiger partial charge in [0.25, 0.3) is 5.91 Å². The smallest absolute Gasteiger partial charge is 0.269 e. The van der Waals surface area contributed by atoms with Crippen molar-refractivity contribution in [3.63, 3.8) is 0 Å². The first kappa shape index (κ1) is 21.8. The highest BCUT2D eigenvalue weighted by Gasteiger charge is 2.34. The Labute approximate surface area is 188 Å². The van der Waals surface area contributed by atoms with Gasteiger partial charge in [-0.15, -0.1) is 17.5 Å². The van der Waals surface area contributed by atoms with Crippen molar-refractivity contribution in [2.45, 2.75) is 6.04 Å². The number of amides is 1.